The van der Waals surface area contributed by atoms with Crippen LogP contribution in [0.4, 0.5) is 5.69 Å². The van der Waals surface area contributed by atoms with E-state index in [1.165, 1.54) is 4.90 Å². The Kier molecular flexibility index (Phi) is 9.31. The van der Waals surface area contributed by atoms with E-state index in [0.29, 0.717) is 17.9 Å². The Bertz CT molecular complexity index is 1140. The van der Waals surface area contributed by atoms with Gasteiger partial charge in [-0.15, -0.1) is 0 Å². The zero-order valence-electron chi connectivity index (χ0n) is 21.7. The molecule has 2 aromatic carbocycles. The molecule has 0 aliphatic rings. The molecule has 2 aromatic rings. The fraction of sp³-hybridized carbons (Fsp3) is 0.462. The number of nitrogens with zero attached hydrogens (tertiary/aromatic N) is 2. The van der Waals surface area contributed by atoms with Crippen LogP contribution in [0.15, 0.2) is 48.5 Å². The molecule has 1 N–H and O–H groups in total. The SMILES string of the molecule is CC[C@@H](C(=O)NC(C)(C)C)N(Cc1cccc(OC)c1)C(=O)CN(c1ccccc1C)S(C)(=O)=O. The summed E-state index contributed by atoms with van der Waals surface area (Å²) in [6, 6.07) is 13.4. The summed E-state index contributed by atoms with van der Waals surface area (Å²) in [6.07, 6.45) is 1.43. The van der Waals surface area contributed by atoms with Gasteiger partial charge < -0.3 is 15.0 Å². The molecule has 0 fully saturated rings. The molecule has 0 spiro atoms. The van der Waals surface area contributed by atoms with Gasteiger partial charge in [0.1, 0.15) is 18.3 Å². The minimum Gasteiger partial charge on any atom is -0.497 e. The van der Waals surface area contributed by atoms with Crippen molar-refractivity contribution in [3.63, 3.8) is 0 Å². The highest BCUT2D eigenvalue weighted by molar-refractivity contribution is 7.92. The highest BCUT2D eigenvalue weighted by atomic mass is 32.2. The fourth-order valence-corrected chi connectivity index (χ4v) is 4.69. The van der Waals surface area contributed by atoms with Gasteiger partial charge in [-0.05, 0) is 63.4 Å². The van der Waals surface area contributed by atoms with Crippen LogP contribution >= 0.6 is 0 Å². The summed E-state index contributed by atoms with van der Waals surface area (Å²) in [5.74, 6) is -0.143. The van der Waals surface area contributed by atoms with E-state index in [1.807, 2.05) is 39.8 Å². The van der Waals surface area contributed by atoms with Gasteiger partial charge in [0.25, 0.3) is 0 Å². The van der Waals surface area contributed by atoms with Crippen molar-refractivity contribution in [2.75, 3.05) is 24.2 Å². The number of benzene rings is 2. The average Bonchev–Trinajstić information content (AvgIpc) is 2.76. The number of aryl methyl sites for hydroxylation is 1. The molecule has 0 saturated heterocycles. The Morgan fingerprint density at radius 3 is 2.29 bits per heavy atom. The number of carbonyl (C=O) groups excluding carboxylic acids is 2. The number of methoxy groups -OCH3 is 1. The number of nitrogens with one attached hydrogen (secondary N) is 1. The second-order valence-corrected chi connectivity index (χ2v) is 11.5. The second kappa shape index (κ2) is 11.6. The molecule has 0 aromatic heterocycles. The summed E-state index contributed by atoms with van der Waals surface area (Å²) in [5.41, 5.74) is 1.43. The number of carbonyl (C=O) groups is 2. The van der Waals surface area contributed by atoms with E-state index >= 15 is 0 Å². The van der Waals surface area contributed by atoms with Crippen molar-refractivity contribution in [2.24, 2.45) is 0 Å². The number of hydrogen-bond donors (Lipinski definition) is 1. The summed E-state index contributed by atoms with van der Waals surface area (Å²) < 4.78 is 31.8. The minimum absolute atomic E-state index is 0.122. The highest BCUT2D eigenvalue weighted by Crippen LogP contribution is 2.24. The van der Waals surface area contributed by atoms with Crippen molar-refractivity contribution >= 4 is 27.5 Å². The van der Waals surface area contributed by atoms with Crippen molar-refractivity contribution in [1.29, 1.82) is 0 Å². The van der Waals surface area contributed by atoms with Crippen LogP contribution in [-0.2, 0) is 26.2 Å². The third-order valence-electron chi connectivity index (χ3n) is 5.43. The molecule has 35 heavy (non-hydrogen) atoms. The van der Waals surface area contributed by atoms with Crippen molar-refractivity contribution < 1.29 is 22.7 Å². The molecule has 0 aliphatic carbocycles. The molecule has 0 aliphatic heterocycles. The Morgan fingerprint density at radius 1 is 1.09 bits per heavy atom. The lowest BCUT2D eigenvalue weighted by Gasteiger charge is -2.34. The number of amides is 2. The molecule has 1 atom stereocenters. The van der Waals surface area contributed by atoms with E-state index in [1.54, 1.807) is 50.4 Å². The third kappa shape index (κ3) is 7.99. The Labute approximate surface area is 209 Å². The van der Waals surface area contributed by atoms with Gasteiger partial charge in [0.2, 0.25) is 21.8 Å². The summed E-state index contributed by atoms with van der Waals surface area (Å²) >= 11 is 0. The average molecular weight is 504 g/mol. The Hall–Kier alpha value is -3.07. The lowest BCUT2D eigenvalue weighted by atomic mass is 10.1. The topological polar surface area (TPSA) is 96.0 Å². The first kappa shape index (κ1) is 28.2. The number of rotatable bonds is 10. The Morgan fingerprint density at radius 2 is 1.74 bits per heavy atom. The number of para-hydroxylation sites is 1. The lowest BCUT2D eigenvalue weighted by molar-refractivity contribution is -0.141. The molecule has 8 nitrogen and oxygen atoms in total. The number of sulfonamides is 1. The molecular weight excluding hydrogens is 466 g/mol. The van der Waals surface area contributed by atoms with E-state index in [4.69, 9.17) is 4.74 Å². The van der Waals surface area contributed by atoms with Crippen LogP contribution in [0.2, 0.25) is 0 Å². The number of anilines is 1. The molecule has 0 bridgehead atoms. The van der Waals surface area contributed by atoms with Gasteiger partial charge in [-0.1, -0.05) is 37.3 Å². The van der Waals surface area contributed by atoms with Gasteiger partial charge in [-0.2, -0.15) is 0 Å². The Balaban J connectivity index is 2.49. The largest absolute Gasteiger partial charge is 0.497 e. The monoisotopic (exact) mass is 503 g/mol. The van der Waals surface area contributed by atoms with Crippen molar-refractivity contribution in [3.8, 4) is 5.75 Å². The van der Waals surface area contributed by atoms with E-state index in [0.717, 1.165) is 21.7 Å². The third-order valence-corrected chi connectivity index (χ3v) is 6.56. The van der Waals surface area contributed by atoms with E-state index in [-0.39, 0.29) is 12.5 Å². The lowest BCUT2D eigenvalue weighted by Crippen LogP contribution is -2.55. The van der Waals surface area contributed by atoms with Crippen LogP contribution in [-0.4, -0.2) is 56.6 Å². The summed E-state index contributed by atoms with van der Waals surface area (Å²) in [6.45, 7) is 8.93. The van der Waals surface area contributed by atoms with Gasteiger partial charge in [0.05, 0.1) is 19.1 Å². The van der Waals surface area contributed by atoms with Crippen molar-refractivity contribution in [1.82, 2.24) is 10.2 Å². The molecule has 0 unspecified atom stereocenters. The maximum Gasteiger partial charge on any atom is 0.244 e. The predicted molar refractivity (Wildman–Crippen MR) is 139 cm³/mol. The first-order valence-electron chi connectivity index (χ1n) is 11.5. The quantitative estimate of drug-likeness (QED) is 0.535. The summed E-state index contributed by atoms with van der Waals surface area (Å²) in [4.78, 5) is 28.4. The number of ether oxygens (including phenoxy) is 1. The first-order valence-corrected chi connectivity index (χ1v) is 13.4. The van der Waals surface area contributed by atoms with E-state index < -0.39 is 34.1 Å². The standard InChI is InChI=1S/C26H37N3O5S/c1-8-22(25(31)27-26(3,4)5)28(17-20-13-11-14-21(16-20)34-6)24(30)18-29(35(7,32)33)23-15-10-9-12-19(23)2/h9-16,22H,8,17-18H2,1-7H3,(H,27,31)/t22-/m0/s1. The zero-order chi connectivity index (χ0) is 26.4. The second-order valence-electron chi connectivity index (χ2n) is 9.59. The smallest absolute Gasteiger partial charge is 0.244 e. The first-order chi connectivity index (χ1) is 16.3. The van der Waals surface area contributed by atoms with Crippen LogP contribution < -0.4 is 14.4 Å². The van der Waals surface area contributed by atoms with Crippen molar-refractivity contribution in [3.05, 3.63) is 59.7 Å². The van der Waals surface area contributed by atoms with Crippen LogP contribution in [0.1, 0.15) is 45.2 Å². The molecule has 0 radical (unpaired) electrons. The highest BCUT2D eigenvalue weighted by Gasteiger charge is 2.33. The predicted octanol–water partition coefficient (Wildman–Crippen LogP) is 3.49. The van der Waals surface area contributed by atoms with Crippen LogP contribution in [0, 0.1) is 6.92 Å². The molecule has 0 saturated carbocycles. The molecule has 2 rings (SSSR count). The minimum atomic E-state index is -3.77. The van der Waals surface area contributed by atoms with Gasteiger partial charge >= 0.3 is 0 Å². The number of hydrogen-bond acceptors (Lipinski definition) is 5. The van der Waals surface area contributed by atoms with Gasteiger partial charge in [-0.3, -0.25) is 13.9 Å². The molecular formula is C26H37N3O5S. The van der Waals surface area contributed by atoms with E-state index in [2.05, 4.69) is 5.32 Å². The maximum atomic E-state index is 13.7. The fourth-order valence-electron chi connectivity index (χ4n) is 3.78. The van der Waals surface area contributed by atoms with Crippen molar-refractivity contribution in [2.45, 2.75) is 59.2 Å². The van der Waals surface area contributed by atoms with Crippen LogP contribution in [0.5, 0.6) is 5.75 Å². The summed E-state index contributed by atoms with van der Waals surface area (Å²) in [5, 5.41) is 2.95. The molecule has 0 heterocycles. The molecule has 9 heteroatoms. The van der Waals surface area contributed by atoms with Crippen LogP contribution in [0.3, 0.4) is 0 Å². The normalized spacial score (nSPS) is 12.5. The zero-order valence-corrected chi connectivity index (χ0v) is 22.5. The van der Waals surface area contributed by atoms with Gasteiger partial charge in [-0.25, -0.2) is 8.42 Å². The van der Waals surface area contributed by atoms with Crippen LogP contribution in [0.25, 0.3) is 0 Å². The molecule has 2 amide bonds. The molecule has 192 valence electrons. The maximum absolute atomic E-state index is 13.7. The van der Waals surface area contributed by atoms with E-state index in [9.17, 15) is 18.0 Å². The van der Waals surface area contributed by atoms with Gasteiger partial charge in [0.15, 0.2) is 0 Å². The summed E-state index contributed by atoms with van der Waals surface area (Å²) in [7, 11) is -2.21. The van der Waals surface area contributed by atoms with Gasteiger partial charge in [0, 0.05) is 12.1 Å².